The summed E-state index contributed by atoms with van der Waals surface area (Å²) in [7, 11) is 0. The summed E-state index contributed by atoms with van der Waals surface area (Å²) < 4.78 is 1.94. The maximum atomic E-state index is 13.3. The standard InChI is InChI=1S/C22H27N3O3/c1-4-22(21(27)28)12-18-8-9-19(22)25(18)20(26)17-7-5-6-16(11-17)13-24-15(3)10-14(2)23-24/h5-7,10-11,18-19H,4,8-9,12-13H2,1-3H3,(H,27,28)/t18-,19+,22+/m0/s1. The second kappa shape index (κ2) is 6.76. The minimum atomic E-state index is -0.792. The molecule has 0 radical (unpaired) electrons. The molecule has 2 fully saturated rings. The summed E-state index contributed by atoms with van der Waals surface area (Å²) in [5.74, 6) is -0.808. The molecule has 1 aromatic heterocycles. The van der Waals surface area contributed by atoms with Crippen LogP contribution in [0, 0.1) is 19.3 Å². The molecule has 6 heteroatoms. The maximum absolute atomic E-state index is 13.3. The lowest BCUT2D eigenvalue weighted by Crippen LogP contribution is -2.44. The lowest BCUT2D eigenvalue weighted by Gasteiger charge is -2.32. The van der Waals surface area contributed by atoms with Crippen molar-refractivity contribution in [1.29, 1.82) is 0 Å². The molecular formula is C22H27N3O3. The van der Waals surface area contributed by atoms with E-state index in [1.807, 2.05) is 60.7 Å². The Morgan fingerprint density at radius 1 is 1.25 bits per heavy atom. The SMILES string of the molecule is CC[C@@]1(C(=O)O)C[C@@H]2CC[C@H]1N2C(=O)c1cccc(Cn2nc(C)cc2C)c1. The monoisotopic (exact) mass is 381 g/mol. The first-order valence-electron chi connectivity index (χ1n) is 10.0. The summed E-state index contributed by atoms with van der Waals surface area (Å²) in [6.45, 7) is 6.52. The molecule has 1 amide bonds. The van der Waals surface area contributed by atoms with E-state index in [4.69, 9.17) is 0 Å². The van der Waals surface area contributed by atoms with Crippen molar-refractivity contribution in [3.05, 3.63) is 52.8 Å². The Hall–Kier alpha value is -2.63. The van der Waals surface area contributed by atoms with Crippen LogP contribution in [0.25, 0.3) is 0 Å². The number of carbonyl (C=O) groups is 2. The number of carbonyl (C=O) groups excluding carboxylic acids is 1. The highest BCUT2D eigenvalue weighted by Gasteiger charge is 2.60. The average Bonchev–Trinajstić information content (AvgIpc) is 3.32. The first-order chi connectivity index (χ1) is 13.4. The normalized spacial score (nSPS) is 26.0. The first-order valence-corrected chi connectivity index (χ1v) is 10.0. The molecule has 1 N–H and O–H groups in total. The van der Waals surface area contributed by atoms with E-state index in [0.717, 1.165) is 29.8 Å². The van der Waals surface area contributed by atoms with E-state index in [0.29, 0.717) is 24.9 Å². The lowest BCUT2D eigenvalue weighted by molar-refractivity contribution is -0.151. The molecule has 4 rings (SSSR count). The zero-order chi connectivity index (χ0) is 20.1. The topological polar surface area (TPSA) is 75.4 Å². The molecule has 1 aromatic carbocycles. The highest BCUT2D eigenvalue weighted by Crippen LogP contribution is 2.52. The first kappa shape index (κ1) is 18.7. The van der Waals surface area contributed by atoms with Crippen LogP contribution in [-0.4, -0.2) is 43.7 Å². The summed E-state index contributed by atoms with van der Waals surface area (Å²) in [6, 6.07) is 9.52. The number of aromatic nitrogens is 2. The van der Waals surface area contributed by atoms with Crippen molar-refractivity contribution >= 4 is 11.9 Å². The fourth-order valence-corrected chi connectivity index (χ4v) is 5.21. The van der Waals surface area contributed by atoms with Crippen molar-refractivity contribution in [1.82, 2.24) is 14.7 Å². The predicted octanol–water partition coefficient (Wildman–Crippen LogP) is 3.41. The highest BCUT2D eigenvalue weighted by molar-refractivity contribution is 5.96. The van der Waals surface area contributed by atoms with Gasteiger partial charge in [0.05, 0.1) is 17.7 Å². The van der Waals surface area contributed by atoms with E-state index >= 15 is 0 Å². The average molecular weight is 381 g/mol. The molecule has 6 nitrogen and oxygen atoms in total. The number of aryl methyl sites for hydroxylation is 2. The van der Waals surface area contributed by atoms with Gasteiger partial charge in [0.15, 0.2) is 0 Å². The molecular weight excluding hydrogens is 354 g/mol. The van der Waals surface area contributed by atoms with Gasteiger partial charge < -0.3 is 10.0 Å². The molecule has 3 atom stereocenters. The molecule has 3 heterocycles. The Labute approximate surface area is 165 Å². The van der Waals surface area contributed by atoms with Crippen molar-refractivity contribution in [2.75, 3.05) is 0 Å². The fraction of sp³-hybridized carbons (Fsp3) is 0.500. The fourth-order valence-electron chi connectivity index (χ4n) is 5.21. The second-order valence-corrected chi connectivity index (χ2v) is 8.26. The summed E-state index contributed by atoms with van der Waals surface area (Å²) in [5.41, 5.74) is 2.92. The van der Waals surface area contributed by atoms with Crippen LogP contribution in [0.4, 0.5) is 0 Å². The van der Waals surface area contributed by atoms with Gasteiger partial charge in [0.2, 0.25) is 0 Å². The van der Waals surface area contributed by atoms with Gasteiger partial charge >= 0.3 is 5.97 Å². The molecule has 2 aliphatic rings. The van der Waals surface area contributed by atoms with Crippen molar-refractivity contribution < 1.29 is 14.7 Å². The molecule has 0 saturated carbocycles. The number of hydrogen-bond donors (Lipinski definition) is 1. The van der Waals surface area contributed by atoms with Crippen LogP contribution in [0.5, 0.6) is 0 Å². The van der Waals surface area contributed by atoms with Crippen LogP contribution in [0.15, 0.2) is 30.3 Å². The molecule has 0 spiro atoms. The smallest absolute Gasteiger partial charge is 0.311 e. The van der Waals surface area contributed by atoms with Gasteiger partial charge in [-0.2, -0.15) is 5.10 Å². The highest BCUT2D eigenvalue weighted by atomic mass is 16.4. The van der Waals surface area contributed by atoms with Gasteiger partial charge in [0.25, 0.3) is 5.91 Å². The lowest BCUT2D eigenvalue weighted by atomic mass is 9.72. The zero-order valence-electron chi connectivity index (χ0n) is 16.7. The molecule has 0 unspecified atom stereocenters. The third-order valence-electron chi connectivity index (χ3n) is 6.64. The van der Waals surface area contributed by atoms with E-state index in [2.05, 4.69) is 5.10 Å². The quantitative estimate of drug-likeness (QED) is 0.861. The molecule has 2 saturated heterocycles. The Bertz CT molecular complexity index is 935. The van der Waals surface area contributed by atoms with Gasteiger partial charge in [-0.3, -0.25) is 14.3 Å². The number of carboxylic acids is 1. The van der Waals surface area contributed by atoms with Gasteiger partial charge in [-0.1, -0.05) is 19.1 Å². The van der Waals surface area contributed by atoms with Crippen LogP contribution >= 0.6 is 0 Å². The number of aliphatic carboxylic acids is 1. The largest absolute Gasteiger partial charge is 0.481 e. The molecule has 0 aliphatic carbocycles. The van der Waals surface area contributed by atoms with Crippen molar-refractivity contribution in [3.8, 4) is 0 Å². The van der Waals surface area contributed by atoms with Crippen LogP contribution < -0.4 is 0 Å². The van der Waals surface area contributed by atoms with Crippen molar-refractivity contribution in [3.63, 3.8) is 0 Å². The van der Waals surface area contributed by atoms with Crippen LogP contribution in [0.2, 0.25) is 0 Å². The zero-order valence-corrected chi connectivity index (χ0v) is 16.7. The Morgan fingerprint density at radius 2 is 2.04 bits per heavy atom. The number of hydrogen-bond acceptors (Lipinski definition) is 3. The van der Waals surface area contributed by atoms with Gasteiger partial charge in [-0.15, -0.1) is 0 Å². The summed E-state index contributed by atoms with van der Waals surface area (Å²) in [4.78, 5) is 27.2. The maximum Gasteiger partial charge on any atom is 0.311 e. The molecule has 2 bridgehead atoms. The summed E-state index contributed by atoms with van der Waals surface area (Å²) in [5, 5.41) is 14.3. The predicted molar refractivity (Wildman–Crippen MR) is 105 cm³/mol. The van der Waals surface area contributed by atoms with Gasteiger partial charge in [-0.05, 0) is 63.3 Å². The number of amides is 1. The minimum Gasteiger partial charge on any atom is -0.481 e. The second-order valence-electron chi connectivity index (χ2n) is 8.26. The van der Waals surface area contributed by atoms with E-state index < -0.39 is 11.4 Å². The van der Waals surface area contributed by atoms with Crippen LogP contribution in [0.3, 0.4) is 0 Å². The Morgan fingerprint density at radius 3 is 2.64 bits per heavy atom. The van der Waals surface area contributed by atoms with E-state index in [9.17, 15) is 14.7 Å². The van der Waals surface area contributed by atoms with Crippen LogP contribution in [-0.2, 0) is 11.3 Å². The number of benzene rings is 1. The van der Waals surface area contributed by atoms with Gasteiger partial charge in [-0.25, -0.2) is 0 Å². The van der Waals surface area contributed by atoms with Gasteiger partial charge in [0, 0.05) is 23.3 Å². The molecule has 28 heavy (non-hydrogen) atoms. The number of carboxylic acid groups (broad SMARTS) is 1. The van der Waals surface area contributed by atoms with E-state index in [1.165, 1.54) is 0 Å². The van der Waals surface area contributed by atoms with E-state index in [-0.39, 0.29) is 18.0 Å². The third kappa shape index (κ3) is 2.82. The molecule has 2 aromatic rings. The Kier molecular flexibility index (Phi) is 4.52. The number of fused-ring (bicyclic) bond motifs is 2. The number of rotatable bonds is 5. The van der Waals surface area contributed by atoms with E-state index in [1.54, 1.807) is 0 Å². The third-order valence-corrected chi connectivity index (χ3v) is 6.64. The van der Waals surface area contributed by atoms with Crippen LogP contribution in [0.1, 0.15) is 59.9 Å². The van der Waals surface area contributed by atoms with Gasteiger partial charge in [0.1, 0.15) is 0 Å². The molecule has 148 valence electrons. The minimum absolute atomic E-state index is 0.0354. The summed E-state index contributed by atoms with van der Waals surface area (Å²) >= 11 is 0. The van der Waals surface area contributed by atoms with Crippen molar-refractivity contribution in [2.24, 2.45) is 5.41 Å². The Balaban J connectivity index is 1.59. The van der Waals surface area contributed by atoms with Crippen molar-refractivity contribution in [2.45, 2.75) is 65.1 Å². The summed E-state index contributed by atoms with van der Waals surface area (Å²) in [6.07, 6.45) is 2.81. The molecule has 2 aliphatic heterocycles. The number of nitrogens with zero attached hydrogens (tertiary/aromatic N) is 3.